The summed E-state index contributed by atoms with van der Waals surface area (Å²) in [4.78, 5) is 2.02. The van der Waals surface area contributed by atoms with Crippen molar-refractivity contribution < 1.29 is 0 Å². The fourth-order valence-electron chi connectivity index (χ4n) is 0.927. The van der Waals surface area contributed by atoms with Crippen LogP contribution in [0, 0.1) is 11.3 Å². The molecule has 76 valence electrons. The molecule has 1 rings (SSSR count). The van der Waals surface area contributed by atoms with Gasteiger partial charge in [0, 0.05) is 13.0 Å². The lowest BCUT2D eigenvalue weighted by Crippen LogP contribution is -2.18. The van der Waals surface area contributed by atoms with E-state index in [9.17, 15) is 0 Å². The van der Waals surface area contributed by atoms with Gasteiger partial charge in [0.2, 0.25) is 5.13 Å². The number of aromatic nitrogens is 2. The Labute approximate surface area is 86.3 Å². The zero-order valence-electron chi connectivity index (χ0n) is 7.90. The Morgan fingerprint density at radius 1 is 1.64 bits per heavy atom. The molecule has 0 aliphatic heterocycles. The monoisotopic (exact) mass is 212 g/mol. The third kappa shape index (κ3) is 3.26. The summed E-state index contributed by atoms with van der Waals surface area (Å²) < 4.78 is 0. The van der Waals surface area contributed by atoms with Gasteiger partial charge in [-0.15, -0.1) is 10.2 Å². The number of hydrogen-bond acceptors (Lipinski definition) is 7. The fourth-order valence-corrected chi connectivity index (χ4v) is 1.66. The van der Waals surface area contributed by atoms with Gasteiger partial charge in [0.25, 0.3) is 0 Å². The highest BCUT2D eigenvalue weighted by atomic mass is 32.1. The maximum Gasteiger partial charge on any atom is 0.219 e. The number of nitrogens with two attached hydrogens (primary N) is 1. The van der Waals surface area contributed by atoms with Crippen LogP contribution in [0.3, 0.4) is 0 Å². The maximum atomic E-state index is 8.39. The van der Waals surface area contributed by atoms with Crippen molar-refractivity contribution in [2.24, 2.45) is 5.84 Å². The van der Waals surface area contributed by atoms with Crippen molar-refractivity contribution in [2.75, 3.05) is 19.0 Å². The molecular weight excluding hydrogens is 200 g/mol. The number of nitriles is 1. The van der Waals surface area contributed by atoms with Crippen LogP contribution in [0.1, 0.15) is 11.4 Å². The molecule has 0 spiro atoms. The molecule has 14 heavy (non-hydrogen) atoms. The Hall–Kier alpha value is -1.23. The first kappa shape index (κ1) is 10.8. The maximum absolute atomic E-state index is 8.39. The lowest BCUT2D eigenvalue weighted by molar-refractivity contribution is 0.333. The summed E-state index contributed by atoms with van der Waals surface area (Å²) in [6, 6.07) is 2.09. The van der Waals surface area contributed by atoms with Crippen molar-refractivity contribution in [3.05, 3.63) is 5.01 Å². The highest BCUT2D eigenvalue weighted by Crippen LogP contribution is 2.14. The molecule has 0 radical (unpaired) electrons. The first-order valence-electron chi connectivity index (χ1n) is 4.10. The van der Waals surface area contributed by atoms with Crippen molar-refractivity contribution in [1.29, 1.82) is 5.26 Å². The highest BCUT2D eigenvalue weighted by molar-refractivity contribution is 7.15. The van der Waals surface area contributed by atoms with Crippen LogP contribution in [-0.2, 0) is 6.54 Å². The van der Waals surface area contributed by atoms with Crippen molar-refractivity contribution in [3.63, 3.8) is 0 Å². The largest absolute Gasteiger partial charge is 0.299 e. The molecule has 3 N–H and O–H groups in total. The molecule has 0 unspecified atom stereocenters. The molecule has 0 aromatic carbocycles. The molecule has 0 fully saturated rings. The van der Waals surface area contributed by atoms with Crippen LogP contribution in [0.25, 0.3) is 0 Å². The van der Waals surface area contributed by atoms with Crippen molar-refractivity contribution >= 4 is 16.5 Å². The van der Waals surface area contributed by atoms with Gasteiger partial charge in [-0.3, -0.25) is 10.3 Å². The van der Waals surface area contributed by atoms with E-state index in [4.69, 9.17) is 11.1 Å². The van der Waals surface area contributed by atoms with Gasteiger partial charge >= 0.3 is 0 Å². The Balaban J connectivity index is 2.40. The quantitative estimate of drug-likeness (QED) is 0.534. The minimum Gasteiger partial charge on any atom is -0.299 e. The standard InChI is InChI=1S/C7H12N6S/c1-13(4-2-3-8)5-6-11-12-7(10-9)14-6/h2,4-5,9H2,1H3,(H,10,12). The lowest BCUT2D eigenvalue weighted by Gasteiger charge is -2.11. The number of nitrogens with zero attached hydrogens (tertiary/aromatic N) is 4. The van der Waals surface area contributed by atoms with E-state index >= 15 is 0 Å². The van der Waals surface area contributed by atoms with Gasteiger partial charge in [-0.2, -0.15) is 5.26 Å². The van der Waals surface area contributed by atoms with E-state index in [1.807, 2.05) is 11.9 Å². The van der Waals surface area contributed by atoms with E-state index < -0.39 is 0 Å². The molecule has 0 aliphatic carbocycles. The second kappa shape index (κ2) is 5.49. The summed E-state index contributed by atoms with van der Waals surface area (Å²) in [5, 5.41) is 17.6. The molecule has 6 nitrogen and oxygen atoms in total. The van der Waals surface area contributed by atoms with Crippen molar-refractivity contribution in [1.82, 2.24) is 15.1 Å². The van der Waals surface area contributed by atoms with E-state index in [2.05, 4.69) is 21.7 Å². The van der Waals surface area contributed by atoms with Gasteiger partial charge in [0.05, 0.1) is 12.6 Å². The summed E-state index contributed by atoms with van der Waals surface area (Å²) >= 11 is 1.41. The average Bonchev–Trinajstić information content (AvgIpc) is 2.62. The SMILES string of the molecule is CN(CCC#N)Cc1nnc(NN)s1. The minimum atomic E-state index is 0.525. The summed E-state index contributed by atoms with van der Waals surface area (Å²) in [6.45, 7) is 1.43. The van der Waals surface area contributed by atoms with E-state index in [0.717, 1.165) is 11.6 Å². The van der Waals surface area contributed by atoms with Crippen LogP contribution in [0.2, 0.25) is 0 Å². The number of rotatable bonds is 5. The minimum absolute atomic E-state index is 0.525. The van der Waals surface area contributed by atoms with Crippen LogP contribution >= 0.6 is 11.3 Å². The fraction of sp³-hybridized carbons (Fsp3) is 0.571. The predicted molar refractivity (Wildman–Crippen MR) is 54.3 cm³/mol. The lowest BCUT2D eigenvalue weighted by atomic mass is 10.4. The normalized spacial score (nSPS) is 10.1. The second-order valence-electron chi connectivity index (χ2n) is 2.79. The number of nitrogen functional groups attached to an aromatic ring is 1. The average molecular weight is 212 g/mol. The summed E-state index contributed by atoms with van der Waals surface area (Å²) in [5.41, 5.74) is 2.44. The predicted octanol–water partition coefficient (Wildman–Crippen LogP) is 0.169. The Bertz CT molecular complexity index is 316. The van der Waals surface area contributed by atoms with Crippen LogP contribution in [-0.4, -0.2) is 28.7 Å². The molecule has 0 amide bonds. The third-order valence-corrected chi connectivity index (χ3v) is 2.44. The highest BCUT2D eigenvalue weighted by Gasteiger charge is 2.05. The van der Waals surface area contributed by atoms with E-state index in [0.29, 0.717) is 18.1 Å². The third-order valence-electron chi connectivity index (χ3n) is 1.60. The van der Waals surface area contributed by atoms with Gasteiger partial charge in [-0.25, -0.2) is 5.84 Å². The molecule has 1 aromatic heterocycles. The summed E-state index contributed by atoms with van der Waals surface area (Å²) in [7, 11) is 1.94. The van der Waals surface area contributed by atoms with Gasteiger partial charge in [0.15, 0.2) is 0 Å². The first-order chi connectivity index (χ1) is 6.76. The molecule has 0 bridgehead atoms. The van der Waals surface area contributed by atoms with Gasteiger partial charge in [0.1, 0.15) is 5.01 Å². The summed E-state index contributed by atoms with van der Waals surface area (Å²) in [5.74, 6) is 5.18. The molecule has 0 aliphatic rings. The van der Waals surface area contributed by atoms with E-state index in [1.54, 1.807) is 0 Å². The zero-order chi connectivity index (χ0) is 10.4. The number of nitrogens with one attached hydrogen (secondary N) is 1. The topological polar surface area (TPSA) is 90.9 Å². The molecule has 1 aromatic rings. The van der Waals surface area contributed by atoms with Gasteiger partial charge < -0.3 is 0 Å². The number of hydrazine groups is 1. The molecule has 7 heteroatoms. The van der Waals surface area contributed by atoms with E-state index in [1.165, 1.54) is 11.3 Å². The molecule has 0 saturated heterocycles. The molecule has 0 saturated carbocycles. The van der Waals surface area contributed by atoms with Gasteiger partial charge in [-0.1, -0.05) is 11.3 Å². The van der Waals surface area contributed by atoms with Gasteiger partial charge in [-0.05, 0) is 7.05 Å². The molecule has 0 atom stereocenters. The molecule has 1 heterocycles. The Morgan fingerprint density at radius 2 is 2.43 bits per heavy atom. The first-order valence-corrected chi connectivity index (χ1v) is 4.92. The second-order valence-corrected chi connectivity index (χ2v) is 3.85. The van der Waals surface area contributed by atoms with Crippen molar-refractivity contribution in [3.8, 4) is 6.07 Å². The molecular formula is C7H12N6S. The zero-order valence-corrected chi connectivity index (χ0v) is 8.71. The van der Waals surface area contributed by atoms with Crippen LogP contribution in [0.5, 0.6) is 0 Å². The van der Waals surface area contributed by atoms with E-state index in [-0.39, 0.29) is 0 Å². The van der Waals surface area contributed by atoms with Crippen LogP contribution < -0.4 is 11.3 Å². The van der Waals surface area contributed by atoms with Crippen LogP contribution in [0.15, 0.2) is 0 Å². The Kier molecular flexibility index (Phi) is 4.25. The van der Waals surface area contributed by atoms with Crippen molar-refractivity contribution in [2.45, 2.75) is 13.0 Å². The van der Waals surface area contributed by atoms with Crippen LogP contribution in [0.4, 0.5) is 5.13 Å². The number of anilines is 1. The smallest absolute Gasteiger partial charge is 0.219 e. The summed E-state index contributed by atoms with van der Waals surface area (Å²) in [6.07, 6.45) is 0.525. The number of hydrogen-bond donors (Lipinski definition) is 2. The Morgan fingerprint density at radius 3 is 3.00 bits per heavy atom.